The molecule has 1 fully saturated rings. The Kier molecular flexibility index (Phi) is 3.35. The minimum Gasteiger partial charge on any atom is -0.355 e. The highest BCUT2D eigenvalue weighted by molar-refractivity contribution is 7.91. The topological polar surface area (TPSA) is 76.3 Å². The number of sulfone groups is 1. The van der Waals surface area contributed by atoms with Crippen LogP contribution < -0.4 is 10.6 Å². The molecule has 0 unspecified atom stereocenters. The fraction of sp³-hybridized carbons (Fsp3) is 0.545. The average molecular weight is 255 g/mol. The smallest absolute Gasteiger partial charge is 0.153 e. The molecule has 2 N–H and O–H groups in total. The van der Waals surface area contributed by atoms with Crippen LogP contribution in [0.4, 0.5) is 5.82 Å². The second-order valence-electron chi connectivity index (χ2n) is 4.37. The summed E-state index contributed by atoms with van der Waals surface area (Å²) in [6.45, 7) is 2.94. The van der Waals surface area contributed by atoms with Gasteiger partial charge in [0.25, 0.3) is 0 Å². The van der Waals surface area contributed by atoms with Gasteiger partial charge in [-0.25, -0.2) is 13.4 Å². The van der Waals surface area contributed by atoms with Crippen LogP contribution in [0.5, 0.6) is 0 Å². The van der Waals surface area contributed by atoms with Crippen LogP contribution in [0.1, 0.15) is 18.5 Å². The Balaban J connectivity index is 2.16. The van der Waals surface area contributed by atoms with Gasteiger partial charge in [0.05, 0.1) is 11.5 Å². The molecular weight excluding hydrogens is 238 g/mol. The number of hydrogen-bond acceptors (Lipinski definition) is 5. The molecule has 5 nitrogen and oxygen atoms in total. The predicted molar refractivity (Wildman–Crippen MR) is 67.7 cm³/mol. The molecule has 94 valence electrons. The largest absolute Gasteiger partial charge is 0.355 e. The Morgan fingerprint density at radius 3 is 2.65 bits per heavy atom. The third kappa shape index (κ3) is 2.95. The molecule has 0 aromatic carbocycles. The number of aromatic nitrogens is 1. The fourth-order valence-electron chi connectivity index (χ4n) is 1.83. The molecule has 2 rings (SSSR count). The first-order valence-corrected chi connectivity index (χ1v) is 7.47. The van der Waals surface area contributed by atoms with E-state index in [0.29, 0.717) is 13.1 Å². The molecule has 6 heteroatoms. The SMILES string of the molecule is C[C@H](N)c1ccnc(N2CCS(=O)(=O)CC2)c1. The lowest BCUT2D eigenvalue weighted by Crippen LogP contribution is -2.40. The molecule has 0 amide bonds. The minimum absolute atomic E-state index is 0.0368. The molecule has 17 heavy (non-hydrogen) atoms. The van der Waals surface area contributed by atoms with E-state index in [0.717, 1.165) is 11.4 Å². The summed E-state index contributed by atoms with van der Waals surface area (Å²) in [5.41, 5.74) is 6.83. The number of nitrogens with zero attached hydrogens (tertiary/aromatic N) is 2. The van der Waals surface area contributed by atoms with Crippen molar-refractivity contribution in [3.63, 3.8) is 0 Å². The maximum absolute atomic E-state index is 11.3. The lowest BCUT2D eigenvalue weighted by atomic mass is 10.1. The van der Waals surface area contributed by atoms with Gasteiger partial charge in [0.15, 0.2) is 9.84 Å². The minimum atomic E-state index is -2.84. The zero-order chi connectivity index (χ0) is 12.5. The molecule has 2 heterocycles. The molecule has 1 saturated heterocycles. The molecular formula is C11H17N3O2S. The van der Waals surface area contributed by atoms with E-state index in [4.69, 9.17) is 5.73 Å². The Bertz CT molecular complexity index is 485. The summed E-state index contributed by atoms with van der Waals surface area (Å²) in [7, 11) is -2.84. The number of nitrogens with two attached hydrogens (primary N) is 1. The maximum Gasteiger partial charge on any atom is 0.153 e. The van der Waals surface area contributed by atoms with Crippen molar-refractivity contribution in [2.24, 2.45) is 5.73 Å². The van der Waals surface area contributed by atoms with Gasteiger partial charge in [-0.1, -0.05) is 0 Å². The van der Waals surface area contributed by atoms with Gasteiger partial charge in [0.2, 0.25) is 0 Å². The van der Waals surface area contributed by atoms with E-state index in [1.54, 1.807) is 6.20 Å². The molecule has 0 spiro atoms. The molecule has 1 atom stereocenters. The van der Waals surface area contributed by atoms with Gasteiger partial charge in [0, 0.05) is 25.3 Å². The summed E-state index contributed by atoms with van der Waals surface area (Å²) in [6.07, 6.45) is 1.72. The van der Waals surface area contributed by atoms with Crippen molar-refractivity contribution in [2.75, 3.05) is 29.5 Å². The zero-order valence-electron chi connectivity index (χ0n) is 9.83. The van der Waals surface area contributed by atoms with E-state index in [9.17, 15) is 8.42 Å². The van der Waals surface area contributed by atoms with Crippen LogP contribution in [0.15, 0.2) is 18.3 Å². The first-order valence-electron chi connectivity index (χ1n) is 5.65. The summed E-state index contributed by atoms with van der Waals surface area (Å²) in [5, 5.41) is 0. The lowest BCUT2D eigenvalue weighted by Gasteiger charge is -2.28. The van der Waals surface area contributed by atoms with Crippen molar-refractivity contribution in [1.29, 1.82) is 0 Å². The van der Waals surface area contributed by atoms with Crippen molar-refractivity contribution in [2.45, 2.75) is 13.0 Å². The van der Waals surface area contributed by atoms with Gasteiger partial charge < -0.3 is 10.6 Å². The zero-order valence-corrected chi connectivity index (χ0v) is 10.7. The Labute approximate surface area is 102 Å². The van der Waals surface area contributed by atoms with Gasteiger partial charge in [-0.3, -0.25) is 0 Å². The van der Waals surface area contributed by atoms with E-state index in [1.165, 1.54) is 0 Å². The van der Waals surface area contributed by atoms with Crippen LogP contribution in [0.3, 0.4) is 0 Å². The molecule has 1 aromatic rings. The molecule has 0 saturated carbocycles. The summed E-state index contributed by atoms with van der Waals surface area (Å²) in [6, 6.07) is 3.78. The van der Waals surface area contributed by atoms with Gasteiger partial charge in [-0.2, -0.15) is 0 Å². The molecule has 1 aromatic heterocycles. The van der Waals surface area contributed by atoms with Gasteiger partial charge in [-0.05, 0) is 24.6 Å². The monoisotopic (exact) mass is 255 g/mol. The first-order chi connectivity index (χ1) is 7.98. The van der Waals surface area contributed by atoms with E-state index < -0.39 is 9.84 Å². The Hall–Kier alpha value is -1.14. The third-order valence-electron chi connectivity index (χ3n) is 2.96. The Morgan fingerprint density at radius 1 is 1.41 bits per heavy atom. The second-order valence-corrected chi connectivity index (χ2v) is 6.68. The quantitative estimate of drug-likeness (QED) is 0.824. The van der Waals surface area contributed by atoms with Crippen LogP contribution in [0.25, 0.3) is 0 Å². The van der Waals surface area contributed by atoms with Crippen LogP contribution in [0.2, 0.25) is 0 Å². The maximum atomic E-state index is 11.3. The summed E-state index contributed by atoms with van der Waals surface area (Å²) >= 11 is 0. The predicted octanol–water partition coefficient (Wildman–Crippen LogP) is 0.336. The summed E-state index contributed by atoms with van der Waals surface area (Å²) < 4.78 is 22.7. The van der Waals surface area contributed by atoms with Crippen LogP contribution in [-0.4, -0.2) is 38.0 Å². The highest BCUT2D eigenvalue weighted by atomic mass is 32.2. The van der Waals surface area contributed by atoms with Crippen molar-refractivity contribution in [3.05, 3.63) is 23.9 Å². The van der Waals surface area contributed by atoms with Gasteiger partial charge in [-0.15, -0.1) is 0 Å². The van der Waals surface area contributed by atoms with E-state index in [1.807, 2.05) is 24.0 Å². The van der Waals surface area contributed by atoms with Crippen molar-refractivity contribution in [3.8, 4) is 0 Å². The number of rotatable bonds is 2. The molecule has 0 aliphatic carbocycles. The van der Waals surface area contributed by atoms with Crippen molar-refractivity contribution in [1.82, 2.24) is 4.98 Å². The molecule has 1 aliphatic heterocycles. The first kappa shape index (κ1) is 12.3. The Morgan fingerprint density at radius 2 is 2.06 bits per heavy atom. The highest BCUT2D eigenvalue weighted by Crippen LogP contribution is 2.18. The van der Waals surface area contributed by atoms with E-state index in [2.05, 4.69) is 4.98 Å². The van der Waals surface area contributed by atoms with Crippen LogP contribution >= 0.6 is 0 Å². The van der Waals surface area contributed by atoms with E-state index in [-0.39, 0.29) is 17.5 Å². The normalized spacial score (nSPS) is 21.2. The number of hydrogen-bond donors (Lipinski definition) is 1. The standard InChI is InChI=1S/C11H17N3O2S/c1-9(12)10-2-3-13-11(8-10)14-4-6-17(15,16)7-5-14/h2-3,8-9H,4-7,12H2,1H3/t9-/m0/s1. The van der Waals surface area contributed by atoms with Crippen LogP contribution in [-0.2, 0) is 9.84 Å². The average Bonchev–Trinajstić information content (AvgIpc) is 2.29. The van der Waals surface area contributed by atoms with E-state index >= 15 is 0 Å². The van der Waals surface area contributed by atoms with Crippen molar-refractivity contribution >= 4 is 15.7 Å². The molecule has 1 aliphatic rings. The number of anilines is 1. The van der Waals surface area contributed by atoms with Gasteiger partial charge in [0.1, 0.15) is 5.82 Å². The second kappa shape index (κ2) is 4.62. The molecule has 0 radical (unpaired) electrons. The lowest BCUT2D eigenvalue weighted by molar-refractivity contribution is 0.586. The highest BCUT2D eigenvalue weighted by Gasteiger charge is 2.22. The summed E-state index contributed by atoms with van der Waals surface area (Å²) in [4.78, 5) is 6.26. The number of pyridine rings is 1. The van der Waals surface area contributed by atoms with Crippen molar-refractivity contribution < 1.29 is 8.42 Å². The third-order valence-corrected chi connectivity index (χ3v) is 4.57. The molecule has 0 bridgehead atoms. The summed E-state index contributed by atoms with van der Waals surface area (Å²) in [5.74, 6) is 1.23. The van der Waals surface area contributed by atoms with Crippen LogP contribution in [0, 0.1) is 0 Å². The fourth-order valence-corrected chi connectivity index (χ4v) is 3.03. The van der Waals surface area contributed by atoms with Gasteiger partial charge >= 0.3 is 0 Å².